The SMILES string of the molecule is CCc1cccc2[nH]c(-c3ccccc3-c3ccc(C#N)cc3)cc12. The Morgan fingerprint density at radius 3 is 2.36 bits per heavy atom. The maximum absolute atomic E-state index is 9.01. The Balaban J connectivity index is 1.88. The van der Waals surface area contributed by atoms with Crippen LogP contribution in [0.1, 0.15) is 18.1 Å². The van der Waals surface area contributed by atoms with E-state index in [0.29, 0.717) is 5.56 Å². The predicted octanol–water partition coefficient (Wildman–Crippen LogP) is 5.94. The van der Waals surface area contributed by atoms with Crippen LogP contribution in [0, 0.1) is 11.3 Å². The zero-order valence-corrected chi connectivity index (χ0v) is 14.1. The van der Waals surface area contributed by atoms with Crippen LogP contribution in [0.3, 0.4) is 0 Å². The highest BCUT2D eigenvalue weighted by Gasteiger charge is 2.11. The van der Waals surface area contributed by atoms with Crippen molar-refractivity contribution >= 4 is 10.9 Å². The molecule has 0 saturated heterocycles. The highest BCUT2D eigenvalue weighted by molar-refractivity contribution is 5.92. The van der Waals surface area contributed by atoms with Crippen molar-refractivity contribution < 1.29 is 0 Å². The first-order chi connectivity index (χ1) is 12.3. The van der Waals surface area contributed by atoms with Crippen LogP contribution < -0.4 is 0 Å². The Hall–Kier alpha value is -3.31. The lowest BCUT2D eigenvalue weighted by atomic mass is 9.97. The predicted molar refractivity (Wildman–Crippen MR) is 103 cm³/mol. The van der Waals surface area contributed by atoms with E-state index >= 15 is 0 Å². The van der Waals surface area contributed by atoms with Crippen molar-refractivity contribution in [3.05, 3.63) is 83.9 Å². The zero-order chi connectivity index (χ0) is 17.2. The number of hydrogen-bond acceptors (Lipinski definition) is 1. The van der Waals surface area contributed by atoms with Crippen molar-refractivity contribution in [2.45, 2.75) is 13.3 Å². The molecule has 3 aromatic carbocycles. The number of nitrogens with one attached hydrogen (secondary N) is 1. The van der Waals surface area contributed by atoms with Gasteiger partial charge < -0.3 is 4.98 Å². The first-order valence-corrected chi connectivity index (χ1v) is 8.50. The molecule has 0 unspecified atom stereocenters. The summed E-state index contributed by atoms with van der Waals surface area (Å²) in [6.45, 7) is 2.19. The van der Waals surface area contributed by atoms with Crippen molar-refractivity contribution in [3.63, 3.8) is 0 Å². The van der Waals surface area contributed by atoms with Crippen molar-refractivity contribution in [2.75, 3.05) is 0 Å². The minimum Gasteiger partial charge on any atom is -0.355 e. The lowest BCUT2D eigenvalue weighted by molar-refractivity contribution is 1.16. The van der Waals surface area contributed by atoms with E-state index in [2.05, 4.69) is 66.5 Å². The van der Waals surface area contributed by atoms with E-state index in [-0.39, 0.29) is 0 Å². The summed E-state index contributed by atoms with van der Waals surface area (Å²) in [6, 6.07) is 27.0. The maximum atomic E-state index is 9.01. The molecule has 0 spiro atoms. The summed E-state index contributed by atoms with van der Waals surface area (Å²) in [6.07, 6.45) is 1.02. The Morgan fingerprint density at radius 2 is 1.64 bits per heavy atom. The van der Waals surface area contributed by atoms with Gasteiger partial charge >= 0.3 is 0 Å². The number of rotatable bonds is 3. The van der Waals surface area contributed by atoms with Gasteiger partial charge in [-0.3, -0.25) is 0 Å². The molecule has 0 aliphatic carbocycles. The van der Waals surface area contributed by atoms with E-state index in [1.54, 1.807) is 0 Å². The number of aromatic amines is 1. The molecule has 4 rings (SSSR count). The van der Waals surface area contributed by atoms with Crippen LogP contribution in [-0.2, 0) is 6.42 Å². The Bertz CT molecular complexity index is 1080. The molecular formula is C23H18N2. The van der Waals surface area contributed by atoms with E-state index in [1.165, 1.54) is 22.0 Å². The molecule has 1 aromatic heterocycles. The first kappa shape index (κ1) is 15.2. The minimum absolute atomic E-state index is 0.680. The fourth-order valence-corrected chi connectivity index (χ4v) is 3.37. The van der Waals surface area contributed by atoms with Gasteiger partial charge in [0.15, 0.2) is 0 Å². The molecule has 0 aliphatic heterocycles. The van der Waals surface area contributed by atoms with Crippen molar-refractivity contribution in [2.24, 2.45) is 0 Å². The van der Waals surface area contributed by atoms with Crippen LogP contribution in [0.15, 0.2) is 72.8 Å². The number of nitriles is 1. The van der Waals surface area contributed by atoms with Gasteiger partial charge in [-0.2, -0.15) is 5.26 Å². The summed E-state index contributed by atoms with van der Waals surface area (Å²) in [7, 11) is 0. The smallest absolute Gasteiger partial charge is 0.0991 e. The molecule has 0 aliphatic rings. The van der Waals surface area contributed by atoms with Crippen molar-refractivity contribution in [1.82, 2.24) is 4.98 Å². The zero-order valence-electron chi connectivity index (χ0n) is 14.1. The lowest BCUT2D eigenvalue weighted by Gasteiger charge is -2.08. The van der Waals surface area contributed by atoms with Crippen LogP contribution in [-0.4, -0.2) is 4.98 Å². The maximum Gasteiger partial charge on any atom is 0.0991 e. The van der Waals surface area contributed by atoms with Crippen molar-refractivity contribution in [3.8, 4) is 28.5 Å². The molecule has 0 bridgehead atoms. The largest absolute Gasteiger partial charge is 0.355 e. The molecule has 25 heavy (non-hydrogen) atoms. The Morgan fingerprint density at radius 1 is 0.880 bits per heavy atom. The van der Waals surface area contributed by atoms with Gasteiger partial charge in [-0.15, -0.1) is 0 Å². The van der Waals surface area contributed by atoms with Crippen LogP contribution >= 0.6 is 0 Å². The Kier molecular flexibility index (Phi) is 3.84. The number of aromatic nitrogens is 1. The first-order valence-electron chi connectivity index (χ1n) is 8.50. The van der Waals surface area contributed by atoms with Gasteiger partial charge in [0.25, 0.3) is 0 Å². The van der Waals surface area contributed by atoms with Crippen LogP contribution in [0.5, 0.6) is 0 Å². The fraction of sp³-hybridized carbons (Fsp3) is 0.0870. The van der Waals surface area contributed by atoms with E-state index in [0.717, 1.165) is 23.2 Å². The molecule has 1 heterocycles. The molecular weight excluding hydrogens is 304 g/mol. The number of H-pyrrole nitrogens is 1. The summed E-state index contributed by atoms with van der Waals surface area (Å²) in [5, 5.41) is 10.3. The third-order valence-electron chi connectivity index (χ3n) is 4.68. The molecule has 0 atom stereocenters. The van der Waals surface area contributed by atoms with Gasteiger partial charge in [0, 0.05) is 22.2 Å². The quantitative estimate of drug-likeness (QED) is 0.498. The highest BCUT2D eigenvalue weighted by Crippen LogP contribution is 2.34. The number of benzene rings is 3. The number of fused-ring (bicyclic) bond motifs is 1. The van der Waals surface area contributed by atoms with Crippen LogP contribution in [0.25, 0.3) is 33.3 Å². The molecule has 0 radical (unpaired) electrons. The van der Waals surface area contributed by atoms with Gasteiger partial charge in [0.1, 0.15) is 0 Å². The summed E-state index contributed by atoms with van der Waals surface area (Å²) in [5.74, 6) is 0. The molecule has 0 fully saturated rings. The fourth-order valence-electron chi connectivity index (χ4n) is 3.37. The summed E-state index contributed by atoms with van der Waals surface area (Å²) >= 11 is 0. The summed E-state index contributed by atoms with van der Waals surface area (Å²) in [5.41, 5.74) is 7.78. The number of nitrogens with zero attached hydrogens (tertiary/aromatic N) is 1. The summed E-state index contributed by atoms with van der Waals surface area (Å²) < 4.78 is 0. The van der Waals surface area contributed by atoms with Gasteiger partial charge in [-0.1, -0.05) is 55.5 Å². The lowest BCUT2D eigenvalue weighted by Crippen LogP contribution is -1.85. The second-order valence-electron chi connectivity index (χ2n) is 6.15. The van der Waals surface area contributed by atoms with Crippen LogP contribution in [0.2, 0.25) is 0 Å². The third-order valence-corrected chi connectivity index (χ3v) is 4.68. The molecule has 0 saturated carbocycles. The second-order valence-corrected chi connectivity index (χ2v) is 6.15. The normalized spacial score (nSPS) is 10.7. The topological polar surface area (TPSA) is 39.6 Å². The third kappa shape index (κ3) is 2.70. The average Bonchev–Trinajstić information content (AvgIpc) is 3.12. The minimum atomic E-state index is 0.680. The number of hydrogen-bond donors (Lipinski definition) is 1. The van der Waals surface area contributed by atoms with E-state index in [4.69, 9.17) is 5.26 Å². The van der Waals surface area contributed by atoms with E-state index in [9.17, 15) is 0 Å². The summed E-state index contributed by atoms with van der Waals surface area (Å²) in [4.78, 5) is 3.57. The second kappa shape index (κ2) is 6.30. The van der Waals surface area contributed by atoms with Crippen molar-refractivity contribution in [1.29, 1.82) is 5.26 Å². The number of aryl methyl sites for hydroxylation is 1. The van der Waals surface area contributed by atoms with Gasteiger partial charge in [0.05, 0.1) is 11.6 Å². The Labute approximate surface area is 147 Å². The molecule has 120 valence electrons. The molecule has 2 nitrogen and oxygen atoms in total. The monoisotopic (exact) mass is 322 g/mol. The highest BCUT2D eigenvalue weighted by atomic mass is 14.7. The average molecular weight is 322 g/mol. The van der Waals surface area contributed by atoms with Gasteiger partial charge in [-0.25, -0.2) is 0 Å². The van der Waals surface area contributed by atoms with Gasteiger partial charge in [-0.05, 0) is 47.4 Å². The molecule has 2 heteroatoms. The molecule has 0 amide bonds. The standard InChI is InChI=1S/C23H18N2/c1-2-17-6-5-9-22-21(17)14-23(25-22)20-8-4-3-7-19(20)18-12-10-16(15-24)11-13-18/h3-14,25H,2H2,1H3. The van der Waals surface area contributed by atoms with E-state index in [1.807, 2.05) is 24.3 Å². The van der Waals surface area contributed by atoms with Crippen LogP contribution in [0.4, 0.5) is 0 Å². The van der Waals surface area contributed by atoms with E-state index < -0.39 is 0 Å². The molecule has 4 aromatic rings. The molecule has 1 N–H and O–H groups in total. The van der Waals surface area contributed by atoms with Gasteiger partial charge in [0.2, 0.25) is 0 Å².